The van der Waals surface area contributed by atoms with Crippen LogP contribution in [-0.4, -0.2) is 23.7 Å². The highest BCUT2D eigenvalue weighted by molar-refractivity contribution is 5.73. The van der Waals surface area contributed by atoms with Gasteiger partial charge in [-0.3, -0.25) is 4.79 Å². The van der Waals surface area contributed by atoms with Gasteiger partial charge in [0.2, 0.25) is 0 Å². The summed E-state index contributed by atoms with van der Waals surface area (Å²) in [4.78, 5) is 10.8. The predicted molar refractivity (Wildman–Crippen MR) is 47.1 cm³/mol. The summed E-state index contributed by atoms with van der Waals surface area (Å²) in [5.74, 6) is -0.698. The van der Waals surface area contributed by atoms with Crippen molar-refractivity contribution in [3.05, 3.63) is 0 Å². The number of carbonyl (C=O) groups is 1. The van der Waals surface area contributed by atoms with Crippen molar-refractivity contribution >= 4 is 5.97 Å². The molecular weight excluding hydrogens is 154 g/mol. The third-order valence-corrected chi connectivity index (χ3v) is 2.50. The average Bonchev–Trinajstić information content (AvgIpc) is 2.38. The Morgan fingerprint density at radius 2 is 2.33 bits per heavy atom. The van der Waals surface area contributed by atoms with E-state index in [9.17, 15) is 4.79 Å². The van der Waals surface area contributed by atoms with Gasteiger partial charge in [-0.15, -0.1) is 0 Å². The zero-order valence-electron chi connectivity index (χ0n) is 7.76. The SMILES string of the molecule is CC(C)(CC1CCCN1)C(=O)O. The zero-order valence-corrected chi connectivity index (χ0v) is 7.76. The first-order valence-corrected chi connectivity index (χ1v) is 4.49. The standard InChI is InChI=1S/C9H17NO2/c1-9(2,8(11)12)6-7-4-3-5-10-7/h7,10H,3-6H2,1-2H3,(H,11,12). The molecule has 0 spiro atoms. The lowest BCUT2D eigenvalue weighted by Crippen LogP contribution is -2.33. The third kappa shape index (κ3) is 2.21. The average molecular weight is 171 g/mol. The molecule has 0 saturated carbocycles. The lowest BCUT2D eigenvalue weighted by Gasteiger charge is -2.22. The van der Waals surface area contributed by atoms with Gasteiger partial charge in [0.25, 0.3) is 0 Å². The molecule has 2 N–H and O–H groups in total. The number of carboxylic acids is 1. The van der Waals surface area contributed by atoms with E-state index in [4.69, 9.17) is 5.11 Å². The van der Waals surface area contributed by atoms with Gasteiger partial charge in [0, 0.05) is 6.04 Å². The van der Waals surface area contributed by atoms with E-state index in [1.807, 2.05) is 0 Å². The molecule has 0 aliphatic carbocycles. The minimum atomic E-state index is -0.698. The smallest absolute Gasteiger partial charge is 0.309 e. The monoisotopic (exact) mass is 171 g/mol. The number of carboxylic acid groups (broad SMARTS) is 1. The van der Waals surface area contributed by atoms with E-state index in [0.29, 0.717) is 6.04 Å². The molecule has 3 nitrogen and oxygen atoms in total. The summed E-state index contributed by atoms with van der Waals surface area (Å²) in [6.45, 7) is 4.62. The highest BCUT2D eigenvalue weighted by Crippen LogP contribution is 2.25. The molecule has 1 rings (SSSR count). The Morgan fingerprint density at radius 3 is 2.75 bits per heavy atom. The van der Waals surface area contributed by atoms with Crippen LogP contribution < -0.4 is 5.32 Å². The first-order chi connectivity index (χ1) is 5.52. The number of hydrogen-bond donors (Lipinski definition) is 2. The van der Waals surface area contributed by atoms with Crippen molar-refractivity contribution in [1.29, 1.82) is 0 Å². The molecule has 3 heteroatoms. The quantitative estimate of drug-likeness (QED) is 0.671. The van der Waals surface area contributed by atoms with Gasteiger partial charge in [-0.1, -0.05) is 0 Å². The van der Waals surface area contributed by atoms with Gasteiger partial charge in [0.05, 0.1) is 5.41 Å². The molecule has 1 fully saturated rings. The Balaban J connectivity index is 2.42. The Labute approximate surface area is 73.2 Å². The molecule has 0 amide bonds. The van der Waals surface area contributed by atoms with E-state index in [1.165, 1.54) is 6.42 Å². The van der Waals surface area contributed by atoms with Crippen molar-refractivity contribution in [2.45, 2.75) is 39.2 Å². The molecule has 0 bridgehead atoms. The molecular formula is C9H17NO2. The van der Waals surface area contributed by atoms with Crippen molar-refractivity contribution in [2.75, 3.05) is 6.54 Å². The van der Waals surface area contributed by atoms with Gasteiger partial charge >= 0.3 is 5.97 Å². The second kappa shape index (κ2) is 3.44. The molecule has 70 valence electrons. The molecule has 1 atom stereocenters. The second-order valence-electron chi connectivity index (χ2n) is 4.19. The van der Waals surface area contributed by atoms with Gasteiger partial charge in [0.15, 0.2) is 0 Å². The van der Waals surface area contributed by atoms with Crippen LogP contribution in [0.3, 0.4) is 0 Å². The molecule has 0 aromatic rings. The number of rotatable bonds is 3. The van der Waals surface area contributed by atoms with Crippen LogP contribution in [0.1, 0.15) is 33.1 Å². The Bertz CT molecular complexity index is 171. The first-order valence-electron chi connectivity index (χ1n) is 4.49. The number of hydrogen-bond acceptors (Lipinski definition) is 2. The van der Waals surface area contributed by atoms with Crippen LogP contribution in [0.5, 0.6) is 0 Å². The van der Waals surface area contributed by atoms with Crippen molar-refractivity contribution in [3.8, 4) is 0 Å². The van der Waals surface area contributed by atoms with Gasteiger partial charge < -0.3 is 10.4 Å². The largest absolute Gasteiger partial charge is 0.481 e. The van der Waals surface area contributed by atoms with Gasteiger partial charge in [-0.05, 0) is 39.7 Å². The number of aliphatic carboxylic acids is 1. The van der Waals surface area contributed by atoms with Crippen molar-refractivity contribution in [3.63, 3.8) is 0 Å². The lowest BCUT2D eigenvalue weighted by atomic mass is 9.85. The van der Waals surface area contributed by atoms with Crippen LogP contribution in [0, 0.1) is 5.41 Å². The van der Waals surface area contributed by atoms with Crippen LogP contribution in [-0.2, 0) is 4.79 Å². The maximum absolute atomic E-state index is 10.8. The topological polar surface area (TPSA) is 49.3 Å². The molecule has 12 heavy (non-hydrogen) atoms. The zero-order chi connectivity index (χ0) is 9.19. The first kappa shape index (κ1) is 9.52. The maximum atomic E-state index is 10.8. The van der Waals surface area contributed by atoms with Gasteiger partial charge in [-0.2, -0.15) is 0 Å². The third-order valence-electron chi connectivity index (χ3n) is 2.50. The van der Waals surface area contributed by atoms with Crippen LogP contribution in [0.25, 0.3) is 0 Å². The Morgan fingerprint density at radius 1 is 1.67 bits per heavy atom. The predicted octanol–water partition coefficient (Wildman–Crippen LogP) is 1.24. The van der Waals surface area contributed by atoms with Crippen LogP contribution in [0.15, 0.2) is 0 Å². The molecule has 1 heterocycles. The normalized spacial score (nSPS) is 24.3. The highest BCUT2D eigenvalue weighted by Gasteiger charge is 2.31. The van der Waals surface area contributed by atoms with Crippen LogP contribution in [0.2, 0.25) is 0 Å². The summed E-state index contributed by atoms with van der Waals surface area (Å²) in [6, 6.07) is 0.413. The van der Waals surface area contributed by atoms with E-state index in [1.54, 1.807) is 13.8 Å². The van der Waals surface area contributed by atoms with Gasteiger partial charge in [0.1, 0.15) is 0 Å². The summed E-state index contributed by atoms with van der Waals surface area (Å²) in [6.07, 6.45) is 3.04. The molecule has 0 aromatic heterocycles. The molecule has 1 aliphatic heterocycles. The minimum absolute atomic E-state index is 0.413. The van der Waals surface area contributed by atoms with Crippen molar-refractivity contribution in [1.82, 2.24) is 5.32 Å². The van der Waals surface area contributed by atoms with E-state index >= 15 is 0 Å². The van der Waals surface area contributed by atoms with E-state index in [-0.39, 0.29) is 0 Å². The van der Waals surface area contributed by atoms with Crippen molar-refractivity contribution in [2.24, 2.45) is 5.41 Å². The highest BCUT2D eigenvalue weighted by atomic mass is 16.4. The summed E-state index contributed by atoms with van der Waals surface area (Å²) in [5.41, 5.74) is -0.581. The molecule has 0 radical (unpaired) electrons. The summed E-state index contributed by atoms with van der Waals surface area (Å²) < 4.78 is 0. The minimum Gasteiger partial charge on any atom is -0.481 e. The van der Waals surface area contributed by atoms with E-state index in [2.05, 4.69) is 5.32 Å². The second-order valence-corrected chi connectivity index (χ2v) is 4.19. The van der Waals surface area contributed by atoms with Crippen molar-refractivity contribution < 1.29 is 9.90 Å². The van der Waals surface area contributed by atoms with E-state index < -0.39 is 11.4 Å². The fourth-order valence-corrected chi connectivity index (χ4v) is 1.63. The Kier molecular flexibility index (Phi) is 2.73. The van der Waals surface area contributed by atoms with E-state index in [0.717, 1.165) is 19.4 Å². The molecule has 1 saturated heterocycles. The van der Waals surface area contributed by atoms with Crippen LogP contribution in [0.4, 0.5) is 0 Å². The summed E-state index contributed by atoms with van der Waals surface area (Å²) in [5, 5.41) is 12.2. The fourth-order valence-electron chi connectivity index (χ4n) is 1.63. The maximum Gasteiger partial charge on any atom is 0.309 e. The lowest BCUT2D eigenvalue weighted by molar-refractivity contribution is -0.147. The Hall–Kier alpha value is -0.570. The summed E-state index contributed by atoms with van der Waals surface area (Å²) in [7, 11) is 0. The molecule has 1 aliphatic rings. The fraction of sp³-hybridized carbons (Fsp3) is 0.889. The molecule has 1 unspecified atom stereocenters. The van der Waals surface area contributed by atoms with Gasteiger partial charge in [-0.25, -0.2) is 0 Å². The molecule has 0 aromatic carbocycles. The van der Waals surface area contributed by atoms with Crippen LogP contribution >= 0.6 is 0 Å². The summed E-state index contributed by atoms with van der Waals surface area (Å²) >= 11 is 0. The number of nitrogens with one attached hydrogen (secondary N) is 1.